The highest BCUT2D eigenvalue weighted by atomic mass is 32.1. The fraction of sp³-hybridized carbons (Fsp3) is 0.600. The molecule has 0 aliphatic carbocycles. The molecule has 0 aliphatic rings. The van der Waals surface area contributed by atoms with Crippen molar-refractivity contribution in [3.8, 4) is 0 Å². The van der Waals surface area contributed by atoms with E-state index in [0.717, 1.165) is 13.0 Å². The van der Waals surface area contributed by atoms with E-state index in [0.29, 0.717) is 5.11 Å². The molecule has 0 aromatic carbocycles. The van der Waals surface area contributed by atoms with Crippen LogP contribution >= 0.6 is 12.2 Å². The molecule has 6 heteroatoms. The lowest BCUT2D eigenvalue weighted by Crippen LogP contribution is -2.48. The number of amides is 2. The number of primary amides is 1. The normalized spacial score (nSPS) is 8.45. The quantitative estimate of drug-likeness (QED) is 0.336. The van der Waals surface area contributed by atoms with Gasteiger partial charge in [0.25, 0.3) is 0 Å². The lowest BCUT2D eigenvalue weighted by molar-refractivity contribution is 0.247. The SMILES string of the molecule is CCCNC(=S)NNC(N)=O. The van der Waals surface area contributed by atoms with E-state index in [4.69, 9.17) is 18.0 Å². The predicted molar refractivity (Wildman–Crippen MR) is 46.7 cm³/mol. The van der Waals surface area contributed by atoms with Gasteiger partial charge < -0.3 is 11.1 Å². The zero-order valence-electron chi connectivity index (χ0n) is 6.31. The van der Waals surface area contributed by atoms with E-state index in [1.54, 1.807) is 0 Å². The number of nitrogens with one attached hydrogen (secondary N) is 3. The van der Waals surface area contributed by atoms with Crippen LogP contribution in [0, 0.1) is 0 Å². The van der Waals surface area contributed by atoms with Crippen molar-refractivity contribution in [3.63, 3.8) is 0 Å². The molecule has 0 radical (unpaired) electrons. The number of hydrogen-bond donors (Lipinski definition) is 4. The molecular formula is C5H12N4OS. The van der Waals surface area contributed by atoms with Crippen LogP contribution < -0.4 is 21.9 Å². The minimum Gasteiger partial charge on any atom is -0.361 e. The number of carbonyl (C=O) groups is 1. The third kappa shape index (κ3) is 6.85. The molecule has 0 atom stereocenters. The second kappa shape index (κ2) is 5.72. The van der Waals surface area contributed by atoms with Crippen molar-refractivity contribution in [2.75, 3.05) is 6.54 Å². The molecule has 0 unspecified atom stereocenters. The first-order chi connectivity index (χ1) is 5.16. The van der Waals surface area contributed by atoms with Crippen LogP contribution in [-0.4, -0.2) is 17.7 Å². The molecule has 0 aromatic rings. The largest absolute Gasteiger partial charge is 0.361 e. The Labute approximate surface area is 70.7 Å². The third-order valence-corrected chi connectivity index (χ3v) is 1.08. The lowest BCUT2D eigenvalue weighted by atomic mass is 10.5. The Morgan fingerprint density at radius 3 is 2.64 bits per heavy atom. The summed E-state index contributed by atoms with van der Waals surface area (Å²) in [6.07, 6.45) is 0.971. The summed E-state index contributed by atoms with van der Waals surface area (Å²) in [6.45, 7) is 2.78. The van der Waals surface area contributed by atoms with E-state index < -0.39 is 6.03 Å². The zero-order chi connectivity index (χ0) is 8.69. The summed E-state index contributed by atoms with van der Waals surface area (Å²) in [5.41, 5.74) is 9.32. The van der Waals surface area contributed by atoms with Crippen molar-refractivity contribution in [1.29, 1.82) is 0 Å². The van der Waals surface area contributed by atoms with E-state index in [1.807, 2.05) is 6.92 Å². The van der Waals surface area contributed by atoms with Crippen LogP contribution in [0.2, 0.25) is 0 Å². The molecule has 5 N–H and O–H groups in total. The van der Waals surface area contributed by atoms with E-state index in [2.05, 4.69) is 16.2 Å². The first-order valence-corrected chi connectivity index (χ1v) is 3.67. The number of hydrazine groups is 1. The van der Waals surface area contributed by atoms with Gasteiger partial charge in [-0.15, -0.1) is 0 Å². The van der Waals surface area contributed by atoms with Gasteiger partial charge in [0.1, 0.15) is 0 Å². The standard InChI is InChI=1S/C5H12N4OS/c1-2-3-7-5(11)9-8-4(6)10/h2-3H2,1H3,(H3,6,8,10)(H2,7,9,11). The Balaban J connectivity index is 3.30. The molecule has 0 aliphatic heterocycles. The number of hydrogen-bond acceptors (Lipinski definition) is 2. The van der Waals surface area contributed by atoms with Crippen LogP contribution in [0.1, 0.15) is 13.3 Å². The van der Waals surface area contributed by atoms with Crippen LogP contribution in [0.4, 0.5) is 4.79 Å². The zero-order valence-corrected chi connectivity index (χ0v) is 7.12. The maximum absolute atomic E-state index is 10.1. The summed E-state index contributed by atoms with van der Waals surface area (Å²) < 4.78 is 0. The molecule has 0 rings (SSSR count). The van der Waals surface area contributed by atoms with Gasteiger partial charge in [0, 0.05) is 6.54 Å². The van der Waals surface area contributed by atoms with E-state index >= 15 is 0 Å². The minimum atomic E-state index is -0.661. The Morgan fingerprint density at radius 2 is 2.18 bits per heavy atom. The lowest BCUT2D eigenvalue weighted by Gasteiger charge is -2.08. The molecule has 0 spiro atoms. The molecule has 0 saturated carbocycles. The van der Waals surface area contributed by atoms with Crippen LogP contribution in [0.5, 0.6) is 0 Å². The van der Waals surface area contributed by atoms with Gasteiger partial charge in [0.15, 0.2) is 5.11 Å². The molecule has 0 heterocycles. The summed E-state index contributed by atoms with van der Waals surface area (Å²) in [5.74, 6) is 0. The van der Waals surface area contributed by atoms with Gasteiger partial charge in [-0.05, 0) is 18.6 Å². The average molecular weight is 176 g/mol. The van der Waals surface area contributed by atoms with Crippen LogP contribution in [0.15, 0.2) is 0 Å². The van der Waals surface area contributed by atoms with Gasteiger partial charge in [0.2, 0.25) is 0 Å². The number of urea groups is 1. The first kappa shape index (κ1) is 9.96. The van der Waals surface area contributed by atoms with Crippen LogP contribution in [0.25, 0.3) is 0 Å². The maximum Gasteiger partial charge on any atom is 0.330 e. The van der Waals surface area contributed by atoms with Crippen molar-refractivity contribution in [3.05, 3.63) is 0 Å². The van der Waals surface area contributed by atoms with E-state index in [9.17, 15) is 4.79 Å². The third-order valence-electron chi connectivity index (χ3n) is 0.835. The number of nitrogens with two attached hydrogens (primary N) is 1. The Bertz CT molecular complexity index is 149. The van der Waals surface area contributed by atoms with Crippen molar-refractivity contribution in [2.45, 2.75) is 13.3 Å². The molecule has 0 bridgehead atoms. The van der Waals surface area contributed by atoms with Crippen molar-refractivity contribution < 1.29 is 4.79 Å². The van der Waals surface area contributed by atoms with Crippen LogP contribution in [0.3, 0.4) is 0 Å². The second-order valence-electron chi connectivity index (χ2n) is 1.87. The second-order valence-corrected chi connectivity index (χ2v) is 2.28. The van der Waals surface area contributed by atoms with Gasteiger partial charge in [0.05, 0.1) is 0 Å². The van der Waals surface area contributed by atoms with E-state index in [-0.39, 0.29) is 0 Å². The monoisotopic (exact) mass is 176 g/mol. The summed E-state index contributed by atoms with van der Waals surface area (Å²) >= 11 is 4.75. The highest BCUT2D eigenvalue weighted by Gasteiger charge is 1.92. The topological polar surface area (TPSA) is 79.2 Å². The highest BCUT2D eigenvalue weighted by Crippen LogP contribution is 1.69. The Hall–Kier alpha value is -1.04. The first-order valence-electron chi connectivity index (χ1n) is 3.26. The summed E-state index contributed by atoms with van der Waals surface area (Å²) in [7, 11) is 0. The smallest absolute Gasteiger partial charge is 0.330 e. The van der Waals surface area contributed by atoms with Gasteiger partial charge in [-0.1, -0.05) is 6.92 Å². The number of carbonyl (C=O) groups excluding carboxylic acids is 1. The molecule has 0 fully saturated rings. The summed E-state index contributed by atoms with van der Waals surface area (Å²) in [6, 6.07) is -0.661. The average Bonchev–Trinajstić information content (AvgIpc) is 1.97. The minimum absolute atomic E-state index is 0.366. The molecule has 5 nitrogen and oxygen atoms in total. The molecule has 2 amide bonds. The van der Waals surface area contributed by atoms with Gasteiger partial charge in [-0.2, -0.15) is 0 Å². The van der Waals surface area contributed by atoms with Crippen molar-refractivity contribution in [2.24, 2.45) is 5.73 Å². The predicted octanol–water partition coefficient (Wildman–Crippen LogP) is -0.556. The fourth-order valence-corrected chi connectivity index (χ4v) is 0.554. The fourth-order valence-electron chi connectivity index (χ4n) is 0.401. The molecular weight excluding hydrogens is 164 g/mol. The van der Waals surface area contributed by atoms with Gasteiger partial charge >= 0.3 is 6.03 Å². The van der Waals surface area contributed by atoms with Crippen LogP contribution in [-0.2, 0) is 0 Å². The maximum atomic E-state index is 10.1. The highest BCUT2D eigenvalue weighted by molar-refractivity contribution is 7.80. The molecule has 11 heavy (non-hydrogen) atoms. The Kier molecular flexibility index (Phi) is 5.18. The van der Waals surface area contributed by atoms with Crippen molar-refractivity contribution >= 4 is 23.4 Å². The van der Waals surface area contributed by atoms with Gasteiger partial charge in [-0.3, -0.25) is 5.43 Å². The molecule has 0 aromatic heterocycles. The van der Waals surface area contributed by atoms with E-state index in [1.165, 1.54) is 0 Å². The van der Waals surface area contributed by atoms with Gasteiger partial charge in [-0.25, -0.2) is 10.2 Å². The number of thiocarbonyl (C=S) groups is 1. The Morgan fingerprint density at radius 1 is 1.55 bits per heavy atom. The van der Waals surface area contributed by atoms with Crippen molar-refractivity contribution in [1.82, 2.24) is 16.2 Å². The molecule has 0 saturated heterocycles. The number of rotatable bonds is 2. The summed E-state index contributed by atoms with van der Waals surface area (Å²) in [4.78, 5) is 10.1. The summed E-state index contributed by atoms with van der Waals surface area (Å²) in [5, 5.41) is 3.20. The molecule has 64 valence electrons.